The van der Waals surface area contributed by atoms with Gasteiger partial charge in [0.2, 0.25) is 0 Å². The van der Waals surface area contributed by atoms with Crippen LogP contribution in [-0.4, -0.2) is 46.6 Å². The Kier molecular flexibility index (Phi) is 5.55. The largest absolute Gasteiger partial charge is 0.478 e. The monoisotopic (exact) mass is 364 g/mol. The van der Waals surface area contributed by atoms with Gasteiger partial charge in [-0.05, 0) is 61.5 Å². The second kappa shape index (κ2) is 8.24. The second-order valence-corrected chi connectivity index (χ2v) is 7.95. The van der Waals surface area contributed by atoms with E-state index in [0.717, 1.165) is 32.1 Å². The van der Waals surface area contributed by atoms with E-state index < -0.39 is 5.97 Å². The Morgan fingerprint density at radius 3 is 2.41 bits per heavy atom. The van der Waals surface area contributed by atoms with Gasteiger partial charge in [0.25, 0.3) is 0 Å². The third kappa shape index (κ3) is 4.40. The van der Waals surface area contributed by atoms with Crippen LogP contribution in [0.3, 0.4) is 0 Å². The van der Waals surface area contributed by atoms with E-state index in [4.69, 9.17) is 5.11 Å². The summed E-state index contributed by atoms with van der Waals surface area (Å²) in [6, 6.07) is 18.9. The van der Waals surface area contributed by atoms with Crippen LogP contribution in [0.5, 0.6) is 0 Å². The van der Waals surface area contributed by atoms with Gasteiger partial charge < -0.3 is 5.11 Å². The van der Waals surface area contributed by atoms with Crippen LogP contribution in [0.4, 0.5) is 0 Å². The Balaban J connectivity index is 1.36. The molecular weight excluding hydrogens is 336 g/mol. The van der Waals surface area contributed by atoms with Crippen molar-refractivity contribution in [3.05, 3.63) is 71.3 Å². The molecular formula is C23H28N2O2. The van der Waals surface area contributed by atoms with Crippen LogP contribution in [0.15, 0.2) is 54.6 Å². The van der Waals surface area contributed by atoms with E-state index in [1.54, 1.807) is 12.1 Å². The number of fused-ring (bicyclic) bond motifs is 1. The first-order valence-electron chi connectivity index (χ1n) is 10.0. The highest BCUT2D eigenvalue weighted by Gasteiger charge is 2.35. The number of carboxylic acid groups (broad SMARTS) is 1. The topological polar surface area (TPSA) is 43.8 Å². The predicted octanol–water partition coefficient (Wildman–Crippen LogP) is 3.87. The molecule has 2 atom stereocenters. The summed E-state index contributed by atoms with van der Waals surface area (Å²) in [5.74, 6) is -0.113. The molecule has 1 N–H and O–H groups in total. The first-order valence-corrected chi connectivity index (χ1v) is 10.0. The maximum atomic E-state index is 11.0. The number of carbonyl (C=O) groups is 1. The molecule has 2 aromatic rings. The molecule has 2 aromatic carbocycles. The molecule has 4 heteroatoms. The highest BCUT2D eigenvalue weighted by atomic mass is 16.4. The normalized spacial score (nSPS) is 23.7. The summed E-state index contributed by atoms with van der Waals surface area (Å²) in [4.78, 5) is 16.2. The number of likely N-dealkylation sites (tertiary alicyclic amines) is 2. The third-order valence-electron chi connectivity index (χ3n) is 6.10. The molecule has 0 bridgehead atoms. The van der Waals surface area contributed by atoms with Crippen molar-refractivity contribution in [2.75, 3.05) is 19.6 Å². The molecule has 2 saturated heterocycles. The van der Waals surface area contributed by atoms with Gasteiger partial charge in [0, 0.05) is 25.7 Å². The van der Waals surface area contributed by atoms with Crippen LogP contribution in [0.25, 0.3) is 0 Å². The summed E-state index contributed by atoms with van der Waals surface area (Å²) in [7, 11) is 0. The Bertz CT molecular complexity index is 760. The molecule has 2 fully saturated rings. The number of nitrogens with zero attached hydrogens (tertiary/aromatic N) is 2. The third-order valence-corrected chi connectivity index (χ3v) is 6.10. The van der Waals surface area contributed by atoms with Crippen molar-refractivity contribution in [2.24, 2.45) is 5.92 Å². The minimum atomic E-state index is -0.858. The fourth-order valence-electron chi connectivity index (χ4n) is 4.75. The van der Waals surface area contributed by atoms with Crippen molar-refractivity contribution in [3.8, 4) is 0 Å². The average molecular weight is 364 g/mol. The van der Waals surface area contributed by atoms with Gasteiger partial charge in [-0.1, -0.05) is 42.5 Å². The lowest BCUT2D eigenvalue weighted by Crippen LogP contribution is -2.53. The number of rotatable bonds is 5. The van der Waals surface area contributed by atoms with Crippen molar-refractivity contribution in [1.82, 2.24) is 9.80 Å². The number of aromatic carboxylic acids is 1. The fourth-order valence-corrected chi connectivity index (χ4v) is 4.75. The number of benzene rings is 2. The number of hydrogen-bond acceptors (Lipinski definition) is 3. The maximum absolute atomic E-state index is 11.0. The van der Waals surface area contributed by atoms with Crippen LogP contribution >= 0.6 is 0 Å². The van der Waals surface area contributed by atoms with E-state index in [-0.39, 0.29) is 0 Å². The maximum Gasteiger partial charge on any atom is 0.335 e. The van der Waals surface area contributed by atoms with Crippen LogP contribution in [-0.2, 0) is 13.1 Å². The lowest BCUT2D eigenvalue weighted by Gasteiger charge is -2.47. The van der Waals surface area contributed by atoms with Crippen LogP contribution < -0.4 is 0 Å². The molecule has 0 spiro atoms. The van der Waals surface area contributed by atoms with E-state index in [9.17, 15) is 4.79 Å². The highest BCUT2D eigenvalue weighted by Crippen LogP contribution is 2.32. The van der Waals surface area contributed by atoms with E-state index in [1.807, 2.05) is 12.1 Å². The highest BCUT2D eigenvalue weighted by molar-refractivity contribution is 5.87. The molecule has 2 unspecified atom stereocenters. The van der Waals surface area contributed by atoms with Crippen LogP contribution in [0.1, 0.15) is 40.7 Å². The van der Waals surface area contributed by atoms with Crippen molar-refractivity contribution in [1.29, 1.82) is 0 Å². The summed E-state index contributed by atoms with van der Waals surface area (Å²) in [5.41, 5.74) is 2.98. The zero-order chi connectivity index (χ0) is 18.6. The quantitative estimate of drug-likeness (QED) is 0.875. The summed E-state index contributed by atoms with van der Waals surface area (Å²) in [6.07, 6.45) is 3.84. The lowest BCUT2D eigenvalue weighted by atomic mass is 9.83. The van der Waals surface area contributed by atoms with Gasteiger partial charge in [0.15, 0.2) is 0 Å². The number of carboxylic acids is 1. The SMILES string of the molecule is O=C(O)c1ccc(CN2CCC3C(CCCN3Cc3ccccc3)C2)cc1. The van der Waals surface area contributed by atoms with Gasteiger partial charge in [-0.3, -0.25) is 9.80 Å². The van der Waals surface area contributed by atoms with Gasteiger partial charge in [-0.25, -0.2) is 4.79 Å². The van der Waals surface area contributed by atoms with E-state index >= 15 is 0 Å². The van der Waals surface area contributed by atoms with Gasteiger partial charge >= 0.3 is 5.97 Å². The average Bonchev–Trinajstić information content (AvgIpc) is 2.69. The molecule has 142 valence electrons. The van der Waals surface area contributed by atoms with E-state index in [0.29, 0.717) is 11.6 Å². The summed E-state index contributed by atoms with van der Waals surface area (Å²) >= 11 is 0. The molecule has 0 saturated carbocycles. The van der Waals surface area contributed by atoms with Gasteiger partial charge in [0.05, 0.1) is 5.56 Å². The first-order chi connectivity index (χ1) is 13.2. The van der Waals surface area contributed by atoms with Gasteiger partial charge in [0.1, 0.15) is 0 Å². The lowest BCUT2D eigenvalue weighted by molar-refractivity contribution is 0.0156. The zero-order valence-electron chi connectivity index (χ0n) is 15.8. The van der Waals surface area contributed by atoms with Gasteiger partial charge in [-0.15, -0.1) is 0 Å². The first kappa shape index (κ1) is 18.2. The minimum absolute atomic E-state index is 0.362. The van der Waals surface area contributed by atoms with Crippen LogP contribution in [0.2, 0.25) is 0 Å². The molecule has 2 aliphatic rings. The van der Waals surface area contributed by atoms with Gasteiger partial charge in [-0.2, -0.15) is 0 Å². The predicted molar refractivity (Wildman–Crippen MR) is 107 cm³/mol. The van der Waals surface area contributed by atoms with E-state index in [1.165, 1.54) is 36.9 Å². The summed E-state index contributed by atoms with van der Waals surface area (Å²) in [6.45, 7) is 5.47. The van der Waals surface area contributed by atoms with Crippen molar-refractivity contribution in [2.45, 2.75) is 38.4 Å². The standard InChI is InChI=1S/C23H28N2O2/c26-23(27)20-10-8-19(9-11-20)15-24-14-12-22-21(17-24)7-4-13-25(22)16-18-5-2-1-3-6-18/h1-3,5-6,8-11,21-22H,4,7,12-17H2,(H,26,27). The molecule has 0 radical (unpaired) electrons. The molecule has 0 amide bonds. The summed E-state index contributed by atoms with van der Waals surface area (Å²) in [5, 5.41) is 9.04. The molecule has 0 aliphatic carbocycles. The van der Waals surface area contributed by atoms with Crippen molar-refractivity contribution < 1.29 is 9.90 Å². The fraction of sp³-hybridized carbons (Fsp3) is 0.435. The Morgan fingerprint density at radius 1 is 0.926 bits per heavy atom. The Morgan fingerprint density at radius 2 is 1.67 bits per heavy atom. The minimum Gasteiger partial charge on any atom is -0.478 e. The smallest absolute Gasteiger partial charge is 0.335 e. The number of piperidine rings is 2. The van der Waals surface area contributed by atoms with Crippen LogP contribution in [0, 0.1) is 5.92 Å². The van der Waals surface area contributed by atoms with Crippen molar-refractivity contribution in [3.63, 3.8) is 0 Å². The summed E-state index contributed by atoms with van der Waals surface area (Å²) < 4.78 is 0. The zero-order valence-corrected chi connectivity index (χ0v) is 15.8. The molecule has 4 rings (SSSR count). The molecule has 27 heavy (non-hydrogen) atoms. The second-order valence-electron chi connectivity index (χ2n) is 7.95. The molecule has 2 aliphatic heterocycles. The van der Waals surface area contributed by atoms with Crippen molar-refractivity contribution >= 4 is 5.97 Å². The van der Waals surface area contributed by atoms with E-state index in [2.05, 4.69) is 40.1 Å². The molecule has 2 heterocycles. The molecule has 0 aromatic heterocycles. The number of hydrogen-bond donors (Lipinski definition) is 1. The molecule has 4 nitrogen and oxygen atoms in total. The Labute approximate surface area is 161 Å². The Hall–Kier alpha value is -2.17.